The molecule has 3 rings (SSSR count). The fourth-order valence-electron chi connectivity index (χ4n) is 2.62. The van der Waals surface area contributed by atoms with Gasteiger partial charge in [0.1, 0.15) is 16.5 Å². The van der Waals surface area contributed by atoms with Crippen molar-refractivity contribution in [1.82, 2.24) is 0 Å². The standard InChI is InChI=1S/C16H15BrF2N2O3S/c17-12-9-11(18)10-13(19)16(12)25(22,23)20-14-3-1-2-4-15(14)21-5-7-24-8-6-21/h1-4,9-10,20H,5-8H2. The van der Waals surface area contributed by atoms with Gasteiger partial charge in [0.05, 0.1) is 24.6 Å². The second kappa shape index (κ2) is 7.27. The average molecular weight is 433 g/mol. The minimum atomic E-state index is -4.25. The maximum atomic E-state index is 14.0. The Bertz CT molecular complexity index is 864. The summed E-state index contributed by atoms with van der Waals surface area (Å²) in [6.45, 7) is 2.32. The van der Waals surface area contributed by atoms with Gasteiger partial charge in [-0.25, -0.2) is 17.2 Å². The predicted molar refractivity (Wildman–Crippen MR) is 94.3 cm³/mol. The maximum absolute atomic E-state index is 14.0. The van der Waals surface area contributed by atoms with Crippen LogP contribution in [0.15, 0.2) is 45.8 Å². The zero-order valence-electron chi connectivity index (χ0n) is 13.0. The van der Waals surface area contributed by atoms with Crippen molar-refractivity contribution in [2.75, 3.05) is 35.9 Å². The molecular weight excluding hydrogens is 418 g/mol. The average Bonchev–Trinajstić information content (AvgIpc) is 2.54. The second-order valence-corrected chi connectivity index (χ2v) is 7.89. The first-order valence-corrected chi connectivity index (χ1v) is 9.75. The molecule has 0 saturated carbocycles. The fraction of sp³-hybridized carbons (Fsp3) is 0.250. The number of nitrogens with zero attached hydrogens (tertiary/aromatic N) is 1. The highest BCUT2D eigenvalue weighted by Gasteiger charge is 2.25. The van der Waals surface area contributed by atoms with Crippen LogP contribution in [0.1, 0.15) is 0 Å². The minimum absolute atomic E-state index is 0.179. The van der Waals surface area contributed by atoms with Gasteiger partial charge in [-0.3, -0.25) is 4.72 Å². The number of morpholine rings is 1. The van der Waals surface area contributed by atoms with Crippen LogP contribution in [0.4, 0.5) is 20.2 Å². The van der Waals surface area contributed by atoms with Crippen molar-refractivity contribution in [3.8, 4) is 0 Å². The van der Waals surface area contributed by atoms with Crippen molar-refractivity contribution in [1.29, 1.82) is 0 Å². The number of para-hydroxylation sites is 2. The number of hydrogen-bond acceptors (Lipinski definition) is 4. The van der Waals surface area contributed by atoms with E-state index in [9.17, 15) is 17.2 Å². The summed E-state index contributed by atoms with van der Waals surface area (Å²) in [5.74, 6) is -2.03. The molecule has 0 spiro atoms. The molecule has 0 radical (unpaired) electrons. The Balaban J connectivity index is 1.97. The highest BCUT2D eigenvalue weighted by molar-refractivity contribution is 9.10. The summed E-state index contributed by atoms with van der Waals surface area (Å²) in [5, 5.41) is 0. The van der Waals surface area contributed by atoms with Crippen LogP contribution in [-0.2, 0) is 14.8 Å². The first-order valence-electron chi connectivity index (χ1n) is 7.47. The van der Waals surface area contributed by atoms with Crippen molar-refractivity contribution < 1.29 is 21.9 Å². The molecule has 1 saturated heterocycles. The largest absolute Gasteiger partial charge is 0.378 e. The van der Waals surface area contributed by atoms with Gasteiger partial charge in [-0.2, -0.15) is 0 Å². The predicted octanol–water partition coefficient (Wildman–Crippen LogP) is 3.36. The number of benzene rings is 2. The summed E-state index contributed by atoms with van der Waals surface area (Å²) >= 11 is 2.92. The monoisotopic (exact) mass is 432 g/mol. The molecule has 0 unspecified atom stereocenters. The summed E-state index contributed by atoms with van der Waals surface area (Å²) in [5.41, 5.74) is 0.994. The second-order valence-electron chi connectivity index (χ2n) is 5.42. The third-order valence-electron chi connectivity index (χ3n) is 3.73. The molecular formula is C16H15BrF2N2O3S. The Morgan fingerprint density at radius 2 is 1.80 bits per heavy atom. The lowest BCUT2D eigenvalue weighted by Crippen LogP contribution is -2.36. The molecule has 1 fully saturated rings. The first-order chi connectivity index (χ1) is 11.9. The van der Waals surface area contributed by atoms with E-state index < -0.39 is 26.6 Å². The summed E-state index contributed by atoms with van der Waals surface area (Å²) in [7, 11) is -4.25. The molecule has 1 aliphatic heterocycles. The van der Waals surface area contributed by atoms with Crippen molar-refractivity contribution in [3.63, 3.8) is 0 Å². The Morgan fingerprint density at radius 3 is 2.48 bits per heavy atom. The van der Waals surface area contributed by atoms with E-state index in [0.717, 1.165) is 6.07 Å². The topological polar surface area (TPSA) is 58.6 Å². The zero-order valence-corrected chi connectivity index (χ0v) is 15.4. The molecule has 9 heteroatoms. The fourth-order valence-corrected chi connectivity index (χ4v) is 4.86. The lowest BCUT2D eigenvalue weighted by Gasteiger charge is -2.30. The Hall–Kier alpha value is -1.71. The Kier molecular flexibility index (Phi) is 5.26. The van der Waals surface area contributed by atoms with Gasteiger partial charge in [-0.15, -0.1) is 0 Å². The molecule has 1 N–H and O–H groups in total. The third-order valence-corrected chi connectivity index (χ3v) is 6.06. The van der Waals surface area contributed by atoms with Crippen LogP contribution in [0.5, 0.6) is 0 Å². The maximum Gasteiger partial charge on any atom is 0.266 e. The summed E-state index contributed by atoms with van der Waals surface area (Å²) in [6.07, 6.45) is 0. The zero-order chi connectivity index (χ0) is 18.0. The van der Waals surface area contributed by atoms with Gasteiger partial charge >= 0.3 is 0 Å². The van der Waals surface area contributed by atoms with E-state index in [2.05, 4.69) is 20.7 Å². The molecule has 2 aromatic rings. The Morgan fingerprint density at radius 1 is 1.12 bits per heavy atom. The molecule has 25 heavy (non-hydrogen) atoms. The van der Waals surface area contributed by atoms with E-state index in [1.54, 1.807) is 24.3 Å². The highest BCUT2D eigenvalue weighted by Crippen LogP contribution is 2.32. The number of halogens is 3. The molecule has 134 valence electrons. The van der Waals surface area contributed by atoms with Crippen LogP contribution >= 0.6 is 15.9 Å². The lowest BCUT2D eigenvalue weighted by atomic mass is 10.2. The van der Waals surface area contributed by atoms with Crippen LogP contribution in [0.3, 0.4) is 0 Å². The summed E-state index contributed by atoms with van der Waals surface area (Å²) in [4.78, 5) is 1.35. The molecule has 2 aromatic carbocycles. The van der Waals surface area contributed by atoms with Crippen LogP contribution in [0.25, 0.3) is 0 Å². The van der Waals surface area contributed by atoms with Crippen LogP contribution in [-0.4, -0.2) is 34.7 Å². The molecule has 5 nitrogen and oxygen atoms in total. The smallest absolute Gasteiger partial charge is 0.266 e. The van der Waals surface area contributed by atoms with E-state index in [-0.39, 0.29) is 4.47 Å². The summed E-state index contributed by atoms with van der Waals surface area (Å²) < 4.78 is 60.1. The van der Waals surface area contributed by atoms with Crippen LogP contribution < -0.4 is 9.62 Å². The van der Waals surface area contributed by atoms with Crippen molar-refractivity contribution >= 4 is 37.3 Å². The first kappa shape index (κ1) is 18.1. The van der Waals surface area contributed by atoms with Crippen molar-refractivity contribution in [3.05, 3.63) is 52.5 Å². The number of rotatable bonds is 4. The van der Waals surface area contributed by atoms with E-state index in [0.29, 0.717) is 43.7 Å². The van der Waals surface area contributed by atoms with Gasteiger partial charge in [-0.05, 0) is 34.1 Å². The number of nitrogens with one attached hydrogen (secondary N) is 1. The number of anilines is 2. The van der Waals surface area contributed by atoms with E-state index >= 15 is 0 Å². The van der Waals surface area contributed by atoms with E-state index in [1.807, 2.05) is 4.90 Å². The molecule has 0 aliphatic carbocycles. The van der Waals surface area contributed by atoms with Gasteiger partial charge in [0.15, 0.2) is 0 Å². The molecule has 1 aliphatic rings. The number of ether oxygens (including phenoxy) is 1. The Labute approximate surface area is 152 Å². The lowest BCUT2D eigenvalue weighted by molar-refractivity contribution is 0.123. The van der Waals surface area contributed by atoms with Gasteiger partial charge < -0.3 is 9.64 Å². The van der Waals surface area contributed by atoms with E-state index in [4.69, 9.17) is 4.74 Å². The third kappa shape index (κ3) is 3.94. The highest BCUT2D eigenvalue weighted by atomic mass is 79.9. The number of sulfonamides is 1. The molecule has 0 amide bonds. The molecule has 0 aromatic heterocycles. The van der Waals surface area contributed by atoms with Crippen LogP contribution in [0, 0.1) is 11.6 Å². The normalized spacial score (nSPS) is 15.2. The van der Waals surface area contributed by atoms with E-state index in [1.165, 1.54) is 0 Å². The van der Waals surface area contributed by atoms with Gasteiger partial charge in [0.2, 0.25) is 0 Å². The quantitative estimate of drug-likeness (QED) is 0.804. The van der Waals surface area contributed by atoms with Gasteiger partial charge in [0.25, 0.3) is 10.0 Å². The molecule has 1 heterocycles. The molecule has 0 bridgehead atoms. The SMILES string of the molecule is O=S(=O)(Nc1ccccc1N1CCOCC1)c1c(F)cc(F)cc1Br. The van der Waals surface area contributed by atoms with Crippen molar-refractivity contribution in [2.24, 2.45) is 0 Å². The van der Waals surface area contributed by atoms with Gasteiger partial charge in [-0.1, -0.05) is 12.1 Å². The van der Waals surface area contributed by atoms with Crippen molar-refractivity contribution in [2.45, 2.75) is 4.90 Å². The minimum Gasteiger partial charge on any atom is -0.378 e. The number of hydrogen-bond donors (Lipinski definition) is 1. The summed E-state index contributed by atoms with van der Waals surface area (Å²) in [6, 6.07) is 8.28. The molecule has 0 atom stereocenters. The van der Waals surface area contributed by atoms with Crippen LogP contribution in [0.2, 0.25) is 0 Å². The van der Waals surface area contributed by atoms with Gasteiger partial charge in [0, 0.05) is 23.6 Å².